The third-order valence-electron chi connectivity index (χ3n) is 4.28. The predicted molar refractivity (Wildman–Crippen MR) is 80.8 cm³/mol. The lowest BCUT2D eigenvalue weighted by atomic mass is 9.91. The Hall–Kier alpha value is -3.09. The van der Waals surface area contributed by atoms with Crippen LogP contribution >= 0.6 is 0 Å². The lowest BCUT2D eigenvalue weighted by Crippen LogP contribution is -2.26. The first-order valence-corrected chi connectivity index (χ1v) is 7.24. The summed E-state index contributed by atoms with van der Waals surface area (Å²) in [6, 6.07) is 7.18. The number of hydrogen-bond donors (Lipinski definition) is 2. The van der Waals surface area contributed by atoms with Crippen molar-refractivity contribution in [2.45, 2.75) is 12.2 Å². The van der Waals surface area contributed by atoms with Gasteiger partial charge in [0.25, 0.3) is 0 Å². The number of esters is 1. The van der Waals surface area contributed by atoms with E-state index >= 15 is 0 Å². The van der Waals surface area contributed by atoms with Crippen molar-refractivity contribution in [3.05, 3.63) is 41.0 Å². The number of phenols is 2. The second-order valence-corrected chi connectivity index (χ2v) is 5.45. The number of para-hydroxylation sites is 1. The van der Waals surface area contributed by atoms with Gasteiger partial charge in [-0.3, -0.25) is 0 Å². The first-order valence-electron chi connectivity index (χ1n) is 7.24. The topological polar surface area (TPSA) is 94.5 Å². The molecule has 2 aliphatic rings. The molecule has 7 heteroatoms. The van der Waals surface area contributed by atoms with E-state index in [0.29, 0.717) is 5.75 Å². The molecular weight excluding hydrogens is 316 g/mol. The highest BCUT2D eigenvalue weighted by atomic mass is 16.6. The fraction of sp³-hybridized carbons (Fsp3) is 0.235. The molecule has 0 aromatic heterocycles. The summed E-state index contributed by atoms with van der Waals surface area (Å²) >= 11 is 0. The number of carbonyl (C=O) groups is 1. The van der Waals surface area contributed by atoms with E-state index < -0.39 is 29.7 Å². The number of ether oxygens (including phenoxy) is 4. The van der Waals surface area contributed by atoms with Gasteiger partial charge in [-0.05, 0) is 6.07 Å². The molecule has 7 nitrogen and oxygen atoms in total. The molecule has 0 fully saturated rings. The quantitative estimate of drug-likeness (QED) is 0.817. The van der Waals surface area contributed by atoms with Crippen molar-refractivity contribution < 1.29 is 34.0 Å². The molecule has 24 heavy (non-hydrogen) atoms. The molecule has 2 aromatic carbocycles. The Kier molecular flexibility index (Phi) is 2.99. The van der Waals surface area contributed by atoms with Gasteiger partial charge in [-0.25, -0.2) is 4.79 Å². The Morgan fingerprint density at radius 2 is 1.67 bits per heavy atom. The molecule has 2 aromatic rings. The average Bonchev–Trinajstić information content (AvgIpc) is 2.94. The van der Waals surface area contributed by atoms with Gasteiger partial charge in [-0.2, -0.15) is 0 Å². The van der Waals surface area contributed by atoms with E-state index in [1.165, 1.54) is 14.2 Å². The molecule has 0 amide bonds. The van der Waals surface area contributed by atoms with Gasteiger partial charge in [-0.15, -0.1) is 0 Å². The highest BCUT2D eigenvalue weighted by Gasteiger charge is 2.48. The highest BCUT2D eigenvalue weighted by Crippen LogP contribution is 2.58. The zero-order chi connectivity index (χ0) is 17.0. The molecule has 0 saturated carbocycles. The van der Waals surface area contributed by atoms with Crippen LogP contribution in [0.2, 0.25) is 0 Å². The number of fused-ring (bicyclic) bond motifs is 5. The summed E-state index contributed by atoms with van der Waals surface area (Å²) < 4.78 is 21.6. The van der Waals surface area contributed by atoms with Gasteiger partial charge in [0.1, 0.15) is 11.3 Å². The minimum Gasteiger partial charge on any atom is -0.504 e. The minimum atomic E-state index is -0.736. The summed E-state index contributed by atoms with van der Waals surface area (Å²) in [5.74, 6) is -1.31. The molecule has 2 aliphatic heterocycles. The smallest absolute Gasteiger partial charge is 0.343 e. The number of benzene rings is 2. The molecule has 2 atom stereocenters. The van der Waals surface area contributed by atoms with Crippen LogP contribution < -0.4 is 14.2 Å². The van der Waals surface area contributed by atoms with Crippen molar-refractivity contribution in [1.82, 2.24) is 0 Å². The van der Waals surface area contributed by atoms with Crippen LogP contribution in [0.1, 0.15) is 33.7 Å². The standard InChI is InChI=1S/C17H14O7/c1-21-14-10-9(11(18)16(22-2)12(14)19)17(20)24-13-7-5-3-4-6-8(7)23-15(10)13/h3-6,13,15,18-19H,1-2H3/t13-,15-/m1/s1. The summed E-state index contributed by atoms with van der Waals surface area (Å²) in [5.41, 5.74) is 0.833. The lowest BCUT2D eigenvalue weighted by molar-refractivity contribution is -0.00686. The van der Waals surface area contributed by atoms with Crippen molar-refractivity contribution >= 4 is 5.97 Å². The van der Waals surface area contributed by atoms with E-state index in [0.717, 1.165) is 5.56 Å². The third kappa shape index (κ3) is 1.69. The summed E-state index contributed by atoms with van der Waals surface area (Å²) in [6.07, 6.45) is -1.41. The van der Waals surface area contributed by atoms with Crippen LogP contribution in [-0.4, -0.2) is 30.4 Å². The van der Waals surface area contributed by atoms with E-state index in [4.69, 9.17) is 18.9 Å². The summed E-state index contributed by atoms with van der Waals surface area (Å²) in [5, 5.41) is 20.7. The Morgan fingerprint density at radius 1 is 0.958 bits per heavy atom. The van der Waals surface area contributed by atoms with Gasteiger partial charge >= 0.3 is 5.97 Å². The maximum Gasteiger partial charge on any atom is 0.343 e. The first kappa shape index (κ1) is 14.5. The molecule has 2 heterocycles. The van der Waals surface area contributed by atoms with E-state index in [1.54, 1.807) is 18.2 Å². The number of phenolic OH excluding ortho intramolecular Hbond substituents is 2. The maximum atomic E-state index is 12.5. The van der Waals surface area contributed by atoms with Gasteiger partial charge in [0.2, 0.25) is 11.5 Å². The molecule has 2 N–H and O–H groups in total. The molecule has 0 saturated heterocycles. The Bertz CT molecular complexity index is 859. The summed E-state index contributed by atoms with van der Waals surface area (Å²) in [4.78, 5) is 12.5. The number of rotatable bonds is 2. The van der Waals surface area contributed by atoms with Crippen LogP contribution in [0, 0.1) is 0 Å². The summed E-state index contributed by atoms with van der Waals surface area (Å²) in [7, 11) is 2.61. The second kappa shape index (κ2) is 4.95. The SMILES string of the molecule is COc1c(O)c(OC)c2c(c1O)C(=O)O[C@@H]1c3ccccc3O[C@H]21. The van der Waals surface area contributed by atoms with Gasteiger partial charge in [0.15, 0.2) is 23.7 Å². The first-order chi connectivity index (χ1) is 11.6. The lowest BCUT2D eigenvalue weighted by Gasteiger charge is -2.29. The Morgan fingerprint density at radius 3 is 2.38 bits per heavy atom. The largest absolute Gasteiger partial charge is 0.504 e. The van der Waals surface area contributed by atoms with Crippen molar-refractivity contribution in [3.8, 4) is 28.7 Å². The van der Waals surface area contributed by atoms with Gasteiger partial charge in [-0.1, -0.05) is 18.2 Å². The van der Waals surface area contributed by atoms with Crippen LogP contribution in [0.15, 0.2) is 24.3 Å². The van der Waals surface area contributed by atoms with Crippen molar-refractivity contribution in [1.29, 1.82) is 0 Å². The monoisotopic (exact) mass is 330 g/mol. The molecular formula is C17H14O7. The van der Waals surface area contributed by atoms with Gasteiger partial charge < -0.3 is 29.2 Å². The normalized spacial score (nSPS) is 20.3. The Labute approximate surface area is 137 Å². The number of carbonyl (C=O) groups excluding carboxylic acids is 1. The summed E-state index contributed by atoms with van der Waals surface area (Å²) in [6.45, 7) is 0. The fourth-order valence-electron chi connectivity index (χ4n) is 3.27. The maximum absolute atomic E-state index is 12.5. The molecule has 0 aliphatic carbocycles. The molecule has 0 radical (unpaired) electrons. The Balaban J connectivity index is 2.00. The van der Waals surface area contributed by atoms with E-state index in [1.807, 2.05) is 6.07 Å². The predicted octanol–water partition coefficient (Wildman–Crippen LogP) is 2.46. The molecule has 0 unspecified atom stereocenters. The average molecular weight is 330 g/mol. The molecule has 124 valence electrons. The number of aromatic hydroxyl groups is 2. The zero-order valence-electron chi connectivity index (χ0n) is 12.9. The van der Waals surface area contributed by atoms with E-state index in [-0.39, 0.29) is 22.6 Å². The minimum absolute atomic E-state index is 0.0131. The molecule has 0 spiro atoms. The van der Waals surface area contributed by atoms with Crippen LogP contribution in [0.3, 0.4) is 0 Å². The van der Waals surface area contributed by atoms with Crippen molar-refractivity contribution in [2.24, 2.45) is 0 Å². The van der Waals surface area contributed by atoms with Crippen LogP contribution in [-0.2, 0) is 4.74 Å². The number of methoxy groups -OCH3 is 2. The van der Waals surface area contributed by atoms with Crippen molar-refractivity contribution in [2.75, 3.05) is 14.2 Å². The molecule has 4 rings (SSSR count). The highest BCUT2D eigenvalue weighted by molar-refractivity contribution is 5.99. The van der Waals surface area contributed by atoms with E-state index in [2.05, 4.69) is 0 Å². The zero-order valence-corrected chi connectivity index (χ0v) is 12.9. The van der Waals surface area contributed by atoms with E-state index in [9.17, 15) is 15.0 Å². The van der Waals surface area contributed by atoms with Crippen molar-refractivity contribution in [3.63, 3.8) is 0 Å². The number of hydrogen-bond acceptors (Lipinski definition) is 7. The molecule has 0 bridgehead atoms. The van der Waals surface area contributed by atoms with Gasteiger partial charge in [0.05, 0.1) is 19.8 Å². The second-order valence-electron chi connectivity index (χ2n) is 5.45. The van der Waals surface area contributed by atoms with Gasteiger partial charge in [0, 0.05) is 5.56 Å². The van der Waals surface area contributed by atoms with Crippen LogP contribution in [0.25, 0.3) is 0 Å². The third-order valence-corrected chi connectivity index (χ3v) is 4.28. The fourth-order valence-corrected chi connectivity index (χ4v) is 3.27. The van der Waals surface area contributed by atoms with Crippen LogP contribution in [0.5, 0.6) is 28.7 Å². The van der Waals surface area contributed by atoms with Crippen LogP contribution in [0.4, 0.5) is 0 Å².